The maximum Gasteiger partial charge on any atom is 0.248 e. The number of carbonyl (C=O) groups excluding carboxylic acids is 1. The average molecular weight is 400 g/mol. The molecule has 0 spiro atoms. The van der Waals surface area contributed by atoms with Gasteiger partial charge in [0.05, 0.1) is 11.1 Å². The molecule has 28 heavy (non-hydrogen) atoms. The van der Waals surface area contributed by atoms with Crippen LogP contribution in [0.15, 0.2) is 42.5 Å². The van der Waals surface area contributed by atoms with Crippen LogP contribution < -0.4 is 0 Å². The van der Waals surface area contributed by atoms with E-state index in [9.17, 15) is 18.0 Å². The van der Waals surface area contributed by atoms with Gasteiger partial charge in [-0.2, -0.15) is 0 Å². The number of pyridine rings is 1. The first-order valence-corrected chi connectivity index (χ1v) is 9.83. The maximum atomic E-state index is 14.3. The van der Waals surface area contributed by atoms with Gasteiger partial charge in [-0.3, -0.25) is 4.79 Å². The van der Waals surface area contributed by atoms with Crippen molar-refractivity contribution in [2.45, 2.75) is 30.6 Å². The minimum atomic E-state index is -2.60. The van der Waals surface area contributed by atoms with E-state index in [1.807, 2.05) is 24.3 Å². The lowest BCUT2D eigenvalue weighted by atomic mass is 9.82. The molecule has 5 rings (SSSR count). The van der Waals surface area contributed by atoms with Crippen molar-refractivity contribution in [3.8, 4) is 10.6 Å². The van der Waals surface area contributed by atoms with E-state index in [-0.39, 0.29) is 24.3 Å². The van der Waals surface area contributed by atoms with Crippen LogP contribution in [0.5, 0.6) is 0 Å². The van der Waals surface area contributed by atoms with Crippen LogP contribution in [0.2, 0.25) is 0 Å². The summed E-state index contributed by atoms with van der Waals surface area (Å²) in [6.07, 6.45) is 4.77. The zero-order valence-corrected chi connectivity index (χ0v) is 15.5. The normalized spacial score (nSPS) is 21.9. The van der Waals surface area contributed by atoms with Gasteiger partial charge in [0.2, 0.25) is 5.92 Å². The van der Waals surface area contributed by atoms with Crippen molar-refractivity contribution in [2.75, 3.05) is 0 Å². The number of hydrogen-bond acceptors (Lipinski definition) is 4. The van der Waals surface area contributed by atoms with Crippen LogP contribution in [0.4, 0.5) is 13.2 Å². The van der Waals surface area contributed by atoms with Crippen LogP contribution in [0.1, 0.15) is 35.3 Å². The van der Waals surface area contributed by atoms with Gasteiger partial charge < -0.3 is 0 Å². The highest BCUT2D eigenvalue weighted by molar-refractivity contribution is 7.21. The van der Waals surface area contributed by atoms with E-state index >= 15 is 0 Å². The van der Waals surface area contributed by atoms with E-state index in [0.717, 1.165) is 5.69 Å². The molecule has 0 saturated heterocycles. The molecule has 0 bridgehead atoms. The average Bonchev–Trinajstić information content (AvgIpc) is 3.24. The van der Waals surface area contributed by atoms with E-state index < -0.39 is 17.2 Å². The quantitative estimate of drug-likeness (QED) is 0.426. The molecule has 2 aromatic heterocycles. The van der Waals surface area contributed by atoms with Crippen molar-refractivity contribution in [1.29, 1.82) is 0 Å². The zero-order valence-electron chi connectivity index (χ0n) is 14.7. The van der Waals surface area contributed by atoms with E-state index in [1.54, 1.807) is 6.07 Å². The monoisotopic (exact) mass is 400 g/mol. The molecule has 3 nitrogen and oxygen atoms in total. The van der Waals surface area contributed by atoms with Gasteiger partial charge in [-0.25, -0.2) is 23.1 Å². The summed E-state index contributed by atoms with van der Waals surface area (Å²) in [6.45, 7) is 0. The standard InChI is InChI=1S/C21H15F3N2OS/c22-15-9-12(11-27)1-2-14(15)18-25-16-3-4-17(26-19(16)28-18)20(7-8-20)13-5-6-21(23,24)10-13/h1-4,7-9,11,13H,5-6,10H2. The van der Waals surface area contributed by atoms with Crippen molar-refractivity contribution in [3.05, 3.63) is 59.6 Å². The number of alkyl halides is 2. The Balaban J connectivity index is 1.50. The zero-order chi connectivity index (χ0) is 19.5. The summed E-state index contributed by atoms with van der Waals surface area (Å²) in [5, 5.41) is 0.472. The molecule has 1 fully saturated rings. The number of thiazole rings is 1. The van der Waals surface area contributed by atoms with E-state index in [4.69, 9.17) is 0 Å². The highest BCUT2D eigenvalue weighted by Crippen LogP contribution is 2.55. The second-order valence-corrected chi connectivity index (χ2v) is 8.44. The molecule has 0 amide bonds. The molecule has 2 aliphatic carbocycles. The Labute approximate surface area is 162 Å². The number of hydrogen-bond donors (Lipinski definition) is 0. The summed E-state index contributed by atoms with van der Waals surface area (Å²) in [4.78, 5) is 20.6. The van der Waals surface area contributed by atoms with Crippen molar-refractivity contribution < 1.29 is 18.0 Å². The van der Waals surface area contributed by atoms with Crippen molar-refractivity contribution >= 4 is 28.0 Å². The third-order valence-corrected chi connectivity index (χ3v) is 6.66. The molecule has 2 heterocycles. The molecular weight excluding hydrogens is 385 g/mol. The number of nitrogens with zero attached hydrogens (tertiary/aromatic N) is 2. The van der Waals surface area contributed by atoms with Gasteiger partial charge in [0.1, 0.15) is 27.5 Å². The summed E-state index contributed by atoms with van der Waals surface area (Å²) in [6, 6.07) is 7.89. The topological polar surface area (TPSA) is 42.9 Å². The minimum Gasteiger partial charge on any atom is -0.298 e. The van der Waals surface area contributed by atoms with Crippen LogP contribution in [0.3, 0.4) is 0 Å². The van der Waals surface area contributed by atoms with Gasteiger partial charge in [-0.15, -0.1) is 0 Å². The molecule has 1 saturated carbocycles. The SMILES string of the molecule is O=Cc1ccc(-c2nc3ccc(C4(C5CCC(F)(F)C5)C=C4)nc3s2)c(F)c1. The van der Waals surface area contributed by atoms with E-state index in [0.29, 0.717) is 33.6 Å². The summed E-state index contributed by atoms with van der Waals surface area (Å²) >= 11 is 1.25. The van der Waals surface area contributed by atoms with Gasteiger partial charge in [0.25, 0.3) is 0 Å². The predicted molar refractivity (Wildman–Crippen MR) is 101 cm³/mol. The van der Waals surface area contributed by atoms with Gasteiger partial charge in [-0.1, -0.05) is 29.6 Å². The van der Waals surface area contributed by atoms with E-state index in [2.05, 4.69) is 9.97 Å². The Hall–Kier alpha value is -2.54. The molecule has 142 valence electrons. The van der Waals surface area contributed by atoms with Gasteiger partial charge in [-0.05, 0) is 36.6 Å². The summed E-state index contributed by atoms with van der Waals surface area (Å²) in [5.41, 5.74) is 1.46. The largest absolute Gasteiger partial charge is 0.298 e. The fraction of sp³-hybridized carbons (Fsp3) is 0.286. The molecule has 0 radical (unpaired) electrons. The lowest BCUT2D eigenvalue weighted by Crippen LogP contribution is -2.23. The van der Waals surface area contributed by atoms with Gasteiger partial charge >= 0.3 is 0 Å². The number of aromatic nitrogens is 2. The van der Waals surface area contributed by atoms with Gasteiger partial charge in [0.15, 0.2) is 0 Å². The first-order chi connectivity index (χ1) is 13.4. The Morgan fingerprint density at radius 1 is 1.14 bits per heavy atom. The Morgan fingerprint density at radius 3 is 2.61 bits per heavy atom. The smallest absolute Gasteiger partial charge is 0.248 e. The fourth-order valence-corrected chi connectivity index (χ4v) is 5.02. The van der Waals surface area contributed by atoms with Crippen LogP contribution in [0.25, 0.3) is 20.9 Å². The molecule has 3 aromatic rings. The van der Waals surface area contributed by atoms with Crippen molar-refractivity contribution in [1.82, 2.24) is 9.97 Å². The summed E-state index contributed by atoms with van der Waals surface area (Å²) in [7, 11) is 0. The molecule has 0 aliphatic heterocycles. The third kappa shape index (κ3) is 2.76. The lowest BCUT2D eigenvalue weighted by Gasteiger charge is -2.23. The predicted octanol–water partition coefficient (Wildman–Crippen LogP) is 5.55. The first kappa shape index (κ1) is 17.6. The molecule has 7 heteroatoms. The van der Waals surface area contributed by atoms with Crippen LogP contribution in [0, 0.1) is 11.7 Å². The number of fused-ring (bicyclic) bond motifs is 1. The number of carbonyl (C=O) groups is 1. The molecule has 0 N–H and O–H groups in total. The Bertz CT molecular complexity index is 1130. The fourth-order valence-electron chi connectivity index (χ4n) is 4.05. The Kier molecular flexibility index (Phi) is 3.75. The van der Waals surface area contributed by atoms with Crippen LogP contribution in [-0.4, -0.2) is 22.2 Å². The third-order valence-electron chi connectivity index (χ3n) is 5.66. The molecular formula is C21H15F3N2OS. The number of allylic oxidation sites excluding steroid dienone is 2. The number of aldehydes is 1. The van der Waals surface area contributed by atoms with Crippen LogP contribution >= 0.6 is 11.3 Å². The number of benzene rings is 1. The molecule has 1 aromatic carbocycles. The molecule has 2 aliphatic rings. The Morgan fingerprint density at radius 2 is 1.96 bits per heavy atom. The van der Waals surface area contributed by atoms with Gasteiger partial charge in [0, 0.05) is 24.0 Å². The number of halogens is 3. The maximum absolute atomic E-state index is 14.3. The highest BCUT2D eigenvalue weighted by Gasteiger charge is 2.53. The minimum absolute atomic E-state index is 0.0793. The first-order valence-electron chi connectivity index (χ1n) is 9.02. The second kappa shape index (κ2) is 5.98. The summed E-state index contributed by atoms with van der Waals surface area (Å²) in [5.74, 6) is -3.26. The molecule has 1 atom stereocenters. The van der Waals surface area contributed by atoms with Crippen molar-refractivity contribution in [3.63, 3.8) is 0 Å². The summed E-state index contributed by atoms with van der Waals surface area (Å²) < 4.78 is 41.7. The lowest BCUT2D eigenvalue weighted by molar-refractivity contribution is 0.00368. The molecule has 1 unspecified atom stereocenters. The van der Waals surface area contributed by atoms with E-state index in [1.165, 1.54) is 23.5 Å². The number of rotatable bonds is 4. The highest BCUT2D eigenvalue weighted by atomic mass is 32.1. The van der Waals surface area contributed by atoms with Crippen molar-refractivity contribution in [2.24, 2.45) is 5.92 Å². The second-order valence-electron chi connectivity index (χ2n) is 7.46. The van der Waals surface area contributed by atoms with Crippen LogP contribution in [-0.2, 0) is 5.41 Å².